The molecule has 0 unspecified atom stereocenters. The van der Waals surface area contributed by atoms with Crippen molar-refractivity contribution >= 4 is 5.91 Å². The van der Waals surface area contributed by atoms with Crippen molar-refractivity contribution in [3.05, 3.63) is 34.9 Å². The van der Waals surface area contributed by atoms with Crippen molar-refractivity contribution in [2.24, 2.45) is 0 Å². The van der Waals surface area contributed by atoms with Gasteiger partial charge in [-0.3, -0.25) is 4.79 Å². The van der Waals surface area contributed by atoms with E-state index < -0.39 is 0 Å². The Kier molecular flexibility index (Phi) is 2.57. The van der Waals surface area contributed by atoms with Gasteiger partial charge in [0.1, 0.15) is 0 Å². The van der Waals surface area contributed by atoms with Crippen LogP contribution in [0.2, 0.25) is 0 Å². The summed E-state index contributed by atoms with van der Waals surface area (Å²) in [5.41, 5.74) is 3.17. The van der Waals surface area contributed by atoms with Crippen LogP contribution in [-0.2, 0) is 11.8 Å². The predicted molar refractivity (Wildman–Crippen MR) is 70.4 cm³/mol. The SMILES string of the molecule is CC1(C)Cc2ccc(C(C)(C)C)cc2C(=O)N1. The zero-order chi connectivity index (χ0) is 12.8. The van der Waals surface area contributed by atoms with E-state index in [1.807, 2.05) is 6.07 Å². The van der Waals surface area contributed by atoms with E-state index in [9.17, 15) is 4.79 Å². The number of hydrogen-bond acceptors (Lipinski definition) is 1. The Morgan fingerprint density at radius 3 is 2.47 bits per heavy atom. The molecule has 0 atom stereocenters. The average Bonchev–Trinajstić information content (AvgIpc) is 2.13. The van der Waals surface area contributed by atoms with Crippen LogP contribution >= 0.6 is 0 Å². The number of rotatable bonds is 0. The molecular weight excluding hydrogens is 210 g/mol. The smallest absolute Gasteiger partial charge is 0.251 e. The van der Waals surface area contributed by atoms with Crippen LogP contribution in [0.4, 0.5) is 0 Å². The summed E-state index contributed by atoms with van der Waals surface area (Å²) in [6, 6.07) is 6.30. The highest BCUT2D eigenvalue weighted by molar-refractivity contribution is 5.97. The van der Waals surface area contributed by atoms with Crippen LogP contribution < -0.4 is 5.32 Å². The lowest BCUT2D eigenvalue weighted by molar-refractivity contribution is 0.0897. The minimum absolute atomic E-state index is 0.0577. The maximum atomic E-state index is 12.1. The molecule has 1 N–H and O–H groups in total. The molecule has 1 aliphatic rings. The molecule has 1 aliphatic heterocycles. The number of hydrogen-bond donors (Lipinski definition) is 1. The lowest BCUT2D eigenvalue weighted by Gasteiger charge is -2.33. The maximum Gasteiger partial charge on any atom is 0.251 e. The van der Waals surface area contributed by atoms with Gasteiger partial charge < -0.3 is 5.32 Å². The number of carbonyl (C=O) groups excluding carboxylic acids is 1. The van der Waals surface area contributed by atoms with Crippen LogP contribution in [0.1, 0.15) is 56.1 Å². The summed E-state index contributed by atoms with van der Waals surface area (Å²) in [4.78, 5) is 12.1. The molecule has 0 aromatic heterocycles. The van der Waals surface area contributed by atoms with Gasteiger partial charge in [0.15, 0.2) is 0 Å². The molecule has 2 rings (SSSR count). The summed E-state index contributed by atoms with van der Waals surface area (Å²) in [7, 11) is 0. The lowest BCUT2D eigenvalue weighted by atomic mass is 9.81. The molecule has 0 bridgehead atoms. The van der Waals surface area contributed by atoms with Gasteiger partial charge in [0, 0.05) is 11.1 Å². The normalized spacial score (nSPS) is 18.5. The fourth-order valence-corrected chi connectivity index (χ4v) is 2.30. The van der Waals surface area contributed by atoms with E-state index in [1.165, 1.54) is 5.56 Å². The van der Waals surface area contributed by atoms with Gasteiger partial charge in [-0.2, -0.15) is 0 Å². The van der Waals surface area contributed by atoms with Crippen LogP contribution in [-0.4, -0.2) is 11.4 Å². The summed E-state index contributed by atoms with van der Waals surface area (Å²) in [5, 5.41) is 3.05. The molecule has 0 saturated heterocycles. The molecule has 1 heterocycles. The van der Waals surface area contributed by atoms with Crippen molar-refractivity contribution in [3.63, 3.8) is 0 Å². The molecular formula is C15H21NO. The van der Waals surface area contributed by atoms with E-state index in [1.54, 1.807) is 0 Å². The first-order valence-corrected chi connectivity index (χ1v) is 6.15. The zero-order valence-corrected chi connectivity index (χ0v) is 11.3. The van der Waals surface area contributed by atoms with Crippen molar-refractivity contribution in [1.29, 1.82) is 0 Å². The monoisotopic (exact) mass is 231 g/mol. The Morgan fingerprint density at radius 1 is 1.24 bits per heavy atom. The predicted octanol–water partition coefficient (Wildman–Crippen LogP) is 3.05. The molecule has 1 aromatic carbocycles. The fourth-order valence-electron chi connectivity index (χ4n) is 2.30. The second-order valence-electron chi connectivity index (χ2n) is 6.64. The fraction of sp³-hybridized carbons (Fsp3) is 0.533. The second kappa shape index (κ2) is 3.59. The molecule has 0 spiro atoms. The first-order chi connectivity index (χ1) is 7.69. The van der Waals surface area contributed by atoms with E-state index in [2.05, 4.69) is 52.1 Å². The van der Waals surface area contributed by atoms with Gasteiger partial charge >= 0.3 is 0 Å². The summed E-state index contributed by atoms with van der Waals surface area (Å²) in [6.45, 7) is 10.6. The number of amides is 1. The highest BCUT2D eigenvalue weighted by Gasteiger charge is 2.30. The minimum Gasteiger partial charge on any atom is -0.347 e. The second-order valence-corrected chi connectivity index (χ2v) is 6.64. The quantitative estimate of drug-likeness (QED) is 0.730. The van der Waals surface area contributed by atoms with Crippen LogP contribution in [0.3, 0.4) is 0 Å². The molecule has 2 heteroatoms. The van der Waals surface area contributed by atoms with Crippen LogP contribution in [0, 0.1) is 0 Å². The van der Waals surface area contributed by atoms with Crippen molar-refractivity contribution < 1.29 is 4.79 Å². The van der Waals surface area contributed by atoms with E-state index in [0.29, 0.717) is 0 Å². The van der Waals surface area contributed by atoms with Gasteiger partial charge in [-0.05, 0) is 42.9 Å². The molecule has 17 heavy (non-hydrogen) atoms. The van der Waals surface area contributed by atoms with E-state index >= 15 is 0 Å². The number of fused-ring (bicyclic) bond motifs is 1. The molecule has 2 nitrogen and oxygen atoms in total. The lowest BCUT2D eigenvalue weighted by Crippen LogP contribution is -2.49. The number of benzene rings is 1. The topological polar surface area (TPSA) is 29.1 Å². The third-order valence-corrected chi connectivity index (χ3v) is 3.30. The zero-order valence-electron chi connectivity index (χ0n) is 11.3. The van der Waals surface area contributed by atoms with Crippen molar-refractivity contribution in [2.45, 2.75) is 52.0 Å². The van der Waals surface area contributed by atoms with Crippen LogP contribution in [0.5, 0.6) is 0 Å². The molecule has 0 saturated carbocycles. The molecule has 92 valence electrons. The van der Waals surface area contributed by atoms with Crippen LogP contribution in [0.15, 0.2) is 18.2 Å². The maximum absolute atomic E-state index is 12.1. The van der Waals surface area contributed by atoms with Gasteiger partial charge in [0.2, 0.25) is 0 Å². The van der Waals surface area contributed by atoms with Crippen molar-refractivity contribution in [2.75, 3.05) is 0 Å². The third kappa shape index (κ3) is 2.36. The largest absolute Gasteiger partial charge is 0.347 e. The highest BCUT2D eigenvalue weighted by atomic mass is 16.1. The van der Waals surface area contributed by atoms with E-state index in [4.69, 9.17) is 0 Å². The molecule has 1 aromatic rings. The standard InChI is InChI=1S/C15H21NO/c1-14(2,3)11-7-6-10-9-15(4,5)16-13(17)12(10)8-11/h6-8H,9H2,1-5H3,(H,16,17). The summed E-state index contributed by atoms with van der Waals surface area (Å²) >= 11 is 0. The molecule has 0 radical (unpaired) electrons. The van der Waals surface area contributed by atoms with Gasteiger partial charge in [-0.15, -0.1) is 0 Å². The summed E-state index contributed by atoms with van der Waals surface area (Å²) < 4.78 is 0. The van der Waals surface area contributed by atoms with Gasteiger partial charge in [0.25, 0.3) is 5.91 Å². The minimum atomic E-state index is -0.132. The van der Waals surface area contributed by atoms with Crippen molar-refractivity contribution in [1.82, 2.24) is 5.32 Å². The molecule has 0 fully saturated rings. The van der Waals surface area contributed by atoms with E-state index in [-0.39, 0.29) is 16.9 Å². The molecule has 0 aliphatic carbocycles. The Morgan fingerprint density at radius 2 is 1.88 bits per heavy atom. The Bertz CT molecular complexity index is 466. The Hall–Kier alpha value is -1.31. The Balaban J connectivity index is 2.48. The highest BCUT2D eigenvalue weighted by Crippen LogP contribution is 2.28. The van der Waals surface area contributed by atoms with Crippen molar-refractivity contribution in [3.8, 4) is 0 Å². The molecule has 1 amide bonds. The number of carbonyl (C=O) groups is 1. The van der Waals surface area contributed by atoms with Crippen LogP contribution in [0.25, 0.3) is 0 Å². The summed E-state index contributed by atoms with van der Waals surface area (Å²) in [6.07, 6.45) is 0.901. The van der Waals surface area contributed by atoms with Gasteiger partial charge in [0.05, 0.1) is 0 Å². The van der Waals surface area contributed by atoms with E-state index in [0.717, 1.165) is 17.5 Å². The Labute approximate surface area is 103 Å². The number of nitrogens with one attached hydrogen (secondary N) is 1. The average molecular weight is 231 g/mol. The first-order valence-electron chi connectivity index (χ1n) is 6.15. The first kappa shape index (κ1) is 12.2. The third-order valence-electron chi connectivity index (χ3n) is 3.30. The van der Waals surface area contributed by atoms with Gasteiger partial charge in [-0.1, -0.05) is 32.9 Å². The summed E-state index contributed by atoms with van der Waals surface area (Å²) in [5.74, 6) is 0.0577. The van der Waals surface area contributed by atoms with Gasteiger partial charge in [-0.25, -0.2) is 0 Å².